The number of hydrogen-bond donors (Lipinski definition) is 1. The number of halogens is 2. The van der Waals surface area contributed by atoms with E-state index in [2.05, 4.69) is 11.4 Å². The van der Waals surface area contributed by atoms with Gasteiger partial charge in [-0.05, 0) is 43.5 Å². The summed E-state index contributed by atoms with van der Waals surface area (Å²) in [4.78, 5) is 0. The van der Waals surface area contributed by atoms with Crippen LogP contribution in [-0.2, 0) is 0 Å². The average molecular weight is 298 g/mol. The first-order valence-electron chi connectivity index (χ1n) is 7.01. The quantitative estimate of drug-likeness (QED) is 0.808. The minimum absolute atomic E-state index is 0.617. The van der Waals surface area contributed by atoms with Crippen molar-refractivity contribution in [2.45, 2.75) is 32.1 Å². The van der Waals surface area contributed by atoms with Crippen molar-refractivity contribution in [3.05, 3.63) is 39.4 Å². The van der Waals surface area contributed by atoms with Crippen molar-refractivity contribution in [1.82, 2.24) is 5.32 Å². The van der Waals surface area contributed by atoms with Gasteiger partial charge >= 0.3 is 0 Å². The van der Waals surface area contributed by atoms with Crippen molar-refractivity contribution < 1.29 is 0 Å². The summed E-state index contributed by atoms with van der Waals surface area (Å²) >= 11 is 12.0. The number of benzene rings is 1. The predicted octanol–water partition coefficient (Wildman–Crippen LogP) is 5.18. The van der Waals surface area contributed by atoms with Crippen LogP contribution in [0.2, 0.25) is 10.0 Å². The molecule has 3 heteroatoms. The second-order valence-electron chi connectivity index (χ2n) is 5.26. The molecule has 2 rings (SSSR count). The topological polar surface area (TPSA) is 12.0 Å². The van der Waals surface area contributed by atoms with Crippen molar-refractivity contribution in [2.75, 3.05) is 13.6 Å². The van der Waals surface area contributed by atoms with Crippen LogP contribution in [0, 0.1) is 5.92 Å². The molecule has 104 valence electrons. The minimum atomic E-state index is 0.617. The van der Waals surface area contributed by atoms with Crippen molar-refractivity contribution in [1.29, 1.82) is 0 Å². The molecule has 0 amide bonds. The third-order valence-electron chi connectivity index (χ3n) is 3.81. The lowest BCUT2D eigenvalue weighted by Crippen LogP contribution is -2.19. The average Bonchev–Trinajstić information content (AvgIpc) is 2.43. The molecule has 1 nitrogen and oxygen atoms in total. The fraction of sp³-hybridized carbons (Fsp3) is 0.500. The third-order valence-corrected chi connectivity index (χ3v) is 4.55. The first-order chi connectivity index (χ1) is 9.20. The lowest BCUT2D eigenvalue weighted by atomic mass is 9.83. The maximum atomic E-state index is 6.08. The Morgan fingerprint density at radius 2 is 1.95 bits per heavy atom. The zero-order valence-corrected chi connectivity index (χ0v) is 12.9. The summed E-state index contributed by atoms with van der Waals surface area (Å²) in [5.41, 5.74) is 2.63. The van der Waals surface area contributed by atoms with E-state index in [9.17, 15) is 0 Å². The molecular formula is C16H21Cl2N. The van der Waals surface area contributed by atoms with Gasteiger partial charge < -0.3 is 5.32 Å². The van der Waals surface area contributed by atoms with Crippen LogP contribution in [0.15, 0.2) is 23.8 Å². The van der Waals surface area contributed by atoms with Crippen molar-refractivity contribution in [3.63, 3.8) is 0 Å². The van der Waals surface area contributed by atoms with E-state index in [1.165, 1.54) is 37.7 Å². The zero-order chi connectivity index (χ0) is 13.7. The fourth-order valence-electron chi connectivity index (χ4n) is 2.81. The van der Waals surface area contributed by atoms with E-state index in [1.807, 2.05) is 25.2 Å². The van der Waals surface area contributed by atoms with E-state index in [1.54, 1.807) is 0 Å². The lowest BCUT2D eigenvalue weighted by molar-refractivity contribution is 0.398. The van der Waals surface area contributed by atoms with Gasteiger partial charge in [0.05, 0.1) is 10.0 Å². The van der Waals surface area contributed by atoms with Crippen LogP contribution < -0.4 is 5.32 Å². The predicted molar refractivity (Wildman–Crippen MR) is 84.9 cm³/mol. The minimum Gasteiger partial charge on any atom is -0.316 e. The molecule has 0 bridgehead atoms. The van der Waals surface area contributed by atoms with E-state index in [-0.39, 0.29) is 0 Å². The van der Waals surface area contributed by atoms with Crippen LogP contribution in [-0.4, -0.2) is 13.6 Å². The molecule has 1 aromatic rings. The first kappa shape index (κ1) is 14.9. The Labute approximate surface area is 126 Å². The molecule has 1 N–H and O–H groups in total. The maximum absolute atomic E-state index is 6.08. The Balaban J connectivity index is 2.20. The Hall–Kier alpha value is -0.500. The Morgan fingerprint density at radius 1 is 1.21 bits per heavy atom. The highest BCUT2D eigenvalue weighted by atomic mass is 35.5. The molecule has 1 saturated carbocycles. The maximum Gasteiger partial charge on any atom is 0.0598 e. The van der Waals surface area contributed by atoms with Crippen LogP contribution >= 0.6 is 23.2 Å². The molecule has 0 aliphatic heterocycles. The molecule has 1 aliphatic rings. The van der Waals surface area contributed by atoms with Crippen LogP contribution in [0.25, 0.3) is 6.08 Å². The molecule has 0 spiro atoms. The zero-order valence-electron chi connectivity index (χ0n) is 11.4. The van der Waals surface area contributed by atoms with Gasteiger partial charge in [0.1, 0.15) is 0 Å². The fourth-order valence-corrected chi connectivity index (χ4v) is 3.11. The van der Waals surface area contributed by atoms with E-state index in [0.717, 1.165) is 18.0 Å². The second kappa shape index (κ2) is 7.33. The monoisotopic (exact) mass is 297 g/mol. The Bertz CT molecular complexity index is 448. The van der Waals surface area contributed by atoms with E-state index in [0.29, 0.717) is 10.0 Å². The first-order valence-corrected chi connectivity index (χ1v) is 7.76. The Morgan fingerprint density at radius 3 is 2.58 bits per heavy atom. The van der Waals surface area contributed by atoms with E-state index >= 15 is 0 Å². The summed E-state index contributed by atoms with van der Waals surface area (Å²) in [5, 5.41) is 4.53. The van der Waals surface area contributed by atoms with Gasteiger partial charge in [-0.15, -0.1) is 0 Å². The van der Waals surface area contributed by atoms with Crippen LogP contribution in [0.1, 0.15) is 37.7 Å². The molecule has 0 saturated heterocycles. The molecule has 1 aliphatic carbocycles. The van der Waals surface area contributed by atoms with E-state index in [4.69, 9.17) is 23.2 Å². The largest absolute Gasteiger partial charge is 0.316 e. The van der Waals surface area contributed by atoms with Gasteiger partial charge in [0, 0.05) is 6.54 Å². The number of nitrogens with one attached hydrogen (secondary N) is 1. The van der Waals surface area contributed by atoms with Crippen LogP contribution in [0.4, 0.5) is 0 Å². The van der Waals surface area contributed by atoms with Crippen molar-refractivity contribution >= 4 is 29.3 Å². The SMILES string of the molecule is CNCC(=Cc1ccc(Cl)c(Cl)c1)C1CCCCC1. The highest BCUT2D eigenvalue weighted by Crippen LogP contribution is 2.31. The van der Waals surface area contributed by atoms with Gasteiger partial charge in [0.2, 0.25) is 0 Å². The molecule has 0 radical (unpaired) electrons. The van der Waals surface area contributed by atoms with Crippen LogP contribution in [0.3, 0.4) is 0 Å². The van der Waals surface area contributed by atoms with E-state index < -0.39 is 0 Å². The molecule has 1 aromatic carbocycles. The molecule has 19 heavy (non-hydrogen) atoms. The van der Waals surface area contributed by atoms with Gasteiger partial charge in [-0.2, -0.15) is 0 Å². The van der Waals surface area contributed by atoms with Gasteiger partial charge in [-0.3, -0.25) is 0 Å². The summed E-state index contributed by atoms with van der Waals surface area (Å²) in [7, 11) is 2.01. The molecule has 1 fully saturated rings. The van der Waals surface area contributed by atoms with Crippen LogP contribution in [0.5, 0.6) is 0 Å². The number of hydrogen-bond acceptors (Lipinski definition) is 1. The highest BCUT2D eigenvalue weighted by Gasteiger charge is 2.17. The molecule has 0 heterocycles. The molecule has 0 atom stereocenters. The Kier molecular flexibility index (Phi) is 5.75. The molecule has 0 aromatic heterocycles. The highest BCUT2D eigenvalue weighted by molar-refractivity contribution is 6.42. The summed E-state index contributed by atoms with van der Waals surface area (Å²) in [6.45, 7) is 0.949. The van der Waals surface area contributed by atoms with Gasteiger partial charge in [0.25, 0.3) is 0 Å². The van der Waals surface area contributed by atoms with Gasteiger partial charge in [-0.1, -0.05) is 60.2 Å². The summed E-state index contributed by atoms with van der Waals surface area (Å²) in [6, 6.07) is 5.85. The normalized spacial score (nSPS) is 17.7. The summed E-state index contributed by atoms with van der Waals surface area (Å²) < 4.78 is 0. The van der Waals surface area contributed by atoms with Gasteiger partial charge in [-0.25, -0.2) is 0 Å². The molecular weight excluding hydrogens is 277 g/mol. The number of likely N-dealkylation sites (N-methyl/N-ethyl adjacent to an activating group) is 1. The van der Waals surface area contributed by atoms with Gasteiger partial charge in [0.15, 0.2) is 0 Å². The van der Waals surface area contributed by atoms with Crippen molar-refractivity contribution in [2.24, 2.45) is 5.92 Å². The summed E-state index contributed by atoms with van der Waals surface area (Å²) in [5.74, 6) is 0.718. The smallest absolute Gasteiger partial charge is 0.0598 e. The van der Waals surface area contributed by atoms with Crippen molar-refractivity contribution in [3.8, 4) is 0 Å². The lowest BCUT2D eigenvalue weighted by Gasteiger charge is -2.24. The third kappa shape index (κ3) is 4.24. The molecule has 0 unspecified atom stereocenters. The second-order valence-corrected chi connectivity index (χ2v) is 6.07. The summed E-state index contributed by atoms with van der Waals surface area (Å²) in [6.07, 6.45) is 8.99. The standard InChI is InChI=1S/C16H21Cl2N/c1-19-11-14(13-5-3-2-4-6-13)9-12-7-8-15(17)16(18)10-12/h7-10,13,19H,2-6,11H2,1H3. The number of rotatable bonds is 4.